The number of aryl methyl sites for hydroxylation is 1. The van der Waals surface area contributed by atoms with Gasteiger partial charge in [-0.25, -0.2) is 4.98 Å². The number of halogens is 1. The molecule has 0 saturated carbocycles. The van der Waals surface area contributed by atoms with Crippen molar-refractivity contribution in [2.24, 2.45) is 0 Å². The van der Waals surface area contributed by atoms with Crippen LogP contribution in [0.5, 0.6) is 0 Å². The summed E-state index contributed by atoms with van der Waals surface area (Å²) < 4.78 is 6.97. The van der Waals surface area contributed by atoms with Crippen molar-refractivity contribution in [3.63, 3.8) is 0 Å². The largest absolute Gasteiger partial charge is 0.472 e. The number of rotatable bonds is 2. The van der Waals surface area contributed by atoms with E-state index in [0.717, 1.165) is 5.56 Å². The smallest absolute Gasteiger partial charge is 0.268 e. The van der Waals surface area contributed by atoms with Crippen LogP contribution in [0.2, 0.25) is 0 Å². The number of aromatic nitrogens is 2. The lowest BCUT2D eigenvalue weighted by atomic mass is 10.3. The maximum atomic E-state index is 11.8. The monoisotopic (exact) mass is 268 g/mol. The summed E-state index contributed by atoms with van der Waals surface area (Å²) in [6, 6.07) is 1.82. The fourth-order valence-corrected chi connectivity index (χ4v) is 1.57. The van der Waals surface area contributed by atoms with Gasteiger partial charge in [0, 0.05) is 5.56 Å². The van der Waals surface area contributed by atoms with E-state index in [2.05, 4.69) is 20.9 Å². The first-order chi connectivity index (χ1) is 7.18. The third-order valence-corrected chi connectivity index (χ3v) is 3.00. The maximum absolute atomic E-state index is 11.8. The predicted molar refractivity (Wildman–Crippen MR) is 58.7 cm³/mol. The molecular formula is C10H9BrN2O2. The summed E-state index contributed by atoms with van der Waals surface area (Å²) in [4.78, 5) is 15.9. The first kappa shape index (κ1) is 10.2. The highest BCUT2D eigenvalue weighted by Crippen LogP contribution is 2.07. The SMILES string of the molecule is Cc1ncn(Cc2ccoc2)c(=O)c1Br. The lowest BCUT2D eigenvalue weighted by molar-refractivity contribution is 0.561. The molecule has 0 unspecified atom stereocenters. The van der Waals surface area contributed by atoms with Gasteiger partial charge in [-0.3, -0.25) is 9.36 Å². The lowest BCUT2D eigenvalue weighted by Crippen LogP contribution is -2.22. The fourth-order valence-electron chi connectivity index (χ4n) is 1.24. The molecule has 0 saturated heterocycles. The van der Waals surface area contributed by atoms with Crippen molar-refractivity contribution in [2.75, 3.05) is 0 Å². The Kier molecular flexibility index (Phi) is 2.73. The number of nitrogens with zero attached hydrogens (tertiary/aromatic N) is 2. The normalized spacial score (nSPS) is 10.5. The van der Waals surface area contributed by atoms with E-state index in [0.29, 0.717) is 16.7 Å². The third kappa shape index (κ3) is 2.02. The Bertz CT molecular complexity index is 517. The molecule has 0 amide bonds. The second-order valence-electron chi connectivity index (χ2n) is 3.21. The van der Waals surface area contributed by atoms with Crippen LogP contribution in [0.25, 0.3) is 0 Å². The molecule has 0 radical (unpaired) electrons. The minimum absolute atomic E-state index is 0.0799. The predicted octanol–water partition coefficient (Wildman–Crippen LogP) is 1.96. The fraction of sp³-hybridized carbons (Fsp3) is 0.200. The average molecular weight is 269 g/mol. The Balaban J connectivity index is 2.38. The zero-order chi connectivity index (χ0) is 10.8. The van der Waals surface area contributed by atoms with Crippen LogP contribution in [0.4, 0.5) is 0 Å². The summed E-state index contributed by atoms with van der Waals surface area (Å²) in [6.07, 6.45) is 4.73. The van der Waals surface area contributed by atoms with Crippen LogP contribution in [0.15, 0.2) is 38.6 Å². The van der Waals surface area contributed by atoms with Crippen LogP contribution < -0.4 is 5.56 Å². The average Bonchev–Trinajstić information content (AvgIpc) is 2.72. The molecule has 2 rings (SSSR count). The Morgan fingerprint density at radius 2 is 2.40 bits per heavy atom. The highest BCUT2D eigenvalue weighted by Gasteiger charge is 2.05. The molecular weight excluding hydrogens is 260 g/mol. The number of hydrogen-bond donors (Lipinski definition) is 0. The molecule has 5 heteroatoms. The molecule has 0 aromatic carbocycles. The standard InChI is InChI=1S/C10H9BrN2O2/c1-7-9(11)10(14)13(6-12-7)4-8-2-3-15-5-8/h2-3,5-6H,4H2,1H3. The van der Waals surface area contributed by atoms with Crippen molar-refractivity contribution in [1.82, 2.24) is 9.55 Å². The van der Waals surface area contributed by atoms with Crippen LogP contribution >= 0.6 is 15.9 Å². The van der Waals surface area contributed by atoms with Crippen molar-refractivity contribution in [3.05, 3.63) is 51.0 Å². The van der Waals surface area contributed by atoms with E-state index >= 15 is 0 Å². The van der Waals surface area contributed by atoms with Crippen LogP contribution in [-0.2, 0) is 6.54 Å². The highest BCUT2D eigenvalue weighted by molar-refractivity contribution is 9.10. The molecule has 2 aromatic rings. The first-order valence-corrected chi connectivity index (χ1v) is 5.20. The number of hydrogen-bond acceptors (Lipinski definition) is 3. The van der Waals surface area contributed by atoms with Gasteiger partial charge in [0.05, 0.1) is 31.1 Å². The first-order valence-electron chi connectivity index (χ1n) is 4.41. The van der Waals surface area contributed by atoms with Gasteiger partial charge >= 0.3 is 0 Å². The summed E-state index contributed by atoms with van der Waals surface area (Å²) in [6.45, 7) is 2.26. The second kappa shape index (κ2) is 4.02. The molecule has 2 aromatic heterocycles. The highest BCUT2D eigenvalue weighted by atomic mass is 79.9. The van der Waals surface area contributed by atoms with E-state index < -0.39 is 0 Å². The molecule has 0 spiro atoms. The molecule has 0 N–H and O–H groups in total. The van der Waals surface area contributed by atoms with Gasteiger partial charge in [0.1, 0.15) is 4.47 Å². The molecule has 0 atom stereocenters. The molecule has 0 aliphatic carbocycles. The minimum atomic E-state index is -0.0799. The molecule has 0 aliphatic heterocycles. The van der Waals surface area contributed by atoms with Gasteiger partial charge in [-0.05, 0) is 28.9 Å². The molecule has 0 fully saturated rings. The Hall–Kier alpha value is -1.36. The molecule has 4 nitrogen and oxygen atoms in total. The van der Waals surface area contributed by atoms with Crippen molar-refractivity contribution in [3.8, 4) is 0 Å². The molecule has 15 heavy (non-hydrogen) atoms. The van der Waals surface area contributed by atoms with Gasteiger partial charge < -0.3 is 4.42 Å². The summed E-state index contributed by atoms with van der Waals surface area (Å²) >= 11 is 3.21. The quantitative estimate of drug-likeness (QED) is 0.837. The summed E-state index contributed by atoms with van der Waals surface area (Å²) in [7, 11) is 0. The van der Waals surface area contributed by atoms with E-state index in [1.165, 1.54) is 10.9 Å². The zero-order valence-corrected chi connectivity index (χ0v) is 9.69. The van der Waals surface area contributed by atoms with E-state index in [-0.39, 0.29) is 5.56 Å². The summed E-state index contributed by atoms with van der Waals surface area (Å²) in [5.74, 6) is 0. The van der Waals surface area contributed by atoms with Gasteiger partial charge in [0.2, 0.25) is 0 Å². The van der Waals surface area contributed by atoms with Gasteiger partial charge in [-0.15, -0.1) is 0 Å². The van der Waals surface area contributed by atoms with E-state index in [9.17, 15) is 4.79 Å². The van der Waals surface area contributed by atoms with Crippen LogP contribution in [-0.4, -0.2) is 9.55 Å². The maximum Gasteiger partial charge on any atom is 0.268 e. The van der Waals surface area contributed by atoms with Crippen molar-refractivity contribution >= 4 is 15.9 Å². The van der Waals surface area contributed by atoms with Gasteiger partial charge in [0.15, 0.2) is 0 Å². The van der Waals surface area contributed by atoms with Crippen LogP contribution in [0.1, 0.15) is 11.3 Å². The van der Waals surface area contributed by atoms with Crippen molar-refractivity contribution < 1.29 is 4.42 Å². The van der Waals surface area contributed by atoms with Crippen LogP contribution in [0, 0.1) is 6.92 Å². The van der Waals surface area contributed by atoms with E-state index in [1.807, 2.05) is 6.07 Å². The topological polar surface area (TPSA) is 48.0 Å². The molecule has 0 bridgehead atoms. The Morgan fingerprint density at radius 1 is 1.60 bits per heavy atom. The molecule has 0 aliphatic rings. The Morgan fingerprint density at radius 3 is 3.07 bits per heavy atom. The van der Waals surface area contributed by atoms with Gasteiger partial charge in [-0.2, -0.15) is 0 Å². The number of furan rings is 1. The summed E-state index contributed by atoms with van der Waals surface area (Å²) in [5.41, 5.74) is 1.56. The van der Waals surface area contributed by atoms with Crippen LogP contribution in [0.3, 0.4) is 0 Å². The second-order valence-corrected chi connectivity index (χ2v) is 4.00. The molecule has 2 heterocycles. The van der Waals surface area contributed by atoms with Gasteiger partial charge in [0.25, 0.3) is 5.56 Å². The summed E-state index contributed by atoms with van der Waals surface area (Å²) in [5, 5.41) is 0. The van der Waals surface area contributed by atoms with Gasteiger partial charge in [-0.1, -0.05) is 0 Å². The van der Waals surface area contributed by atoms with E-state index in [1.54, 1.807) is 19.5 Å². The lowest BCUT2D eigenvalue weighted by Gasteiger charge is -2.04. The zero-order valence-electron chi connectivity index (χ0n) is 8.11. The van der Waals surface area contributed by atoms with Crippen molar-refractivity contribution in [2.45, 2.75) is 13.5 Å². The molecule has 78 valence electrons. The minimum Gasteiger partial charge on any atom is -0.472 e. The third-order valence-electron chi connectivity index (χ3n) is 2.09. The van der Waals surface area contributed by atoms with Crippen molar-refractivity contribution in [1.29, 1.82) is 0 Å². The van der Waals surface area contributed by atoms with E-state index in [4.69, 9.17) is 4.42 Å². The Labute approximate surface area is 94.7 Å².